The van der Waals surface area contributed by atoms with E-state index < -0.39 is 15.9 Å². The minimum Gasteiger partial charge on any atom is -0.451 e. The van der Waals surface area contributed by atoms with Gasteiger partial charge in [0.2, 0.25) is 10.0 Å². The van der Waals surface area contributed by atoms with Crippen LogP contribution >= 0.6 is 0 Å². The molecule has 20 heavy (non-hydrogen) atoms. The first-order valence-electron chi connectivity index (χ1n) is 5.87. The lowest BCUT2D eigenvalue weighted by molar-refractivity contribution is 0.0929. The summed E-state index contributed by atoms with van der Waals surface area (Å²) in [5.74, 6) is -0.250. The van der Waals surface area contributed by atoms with Crippen LogP contribution in [0.25, 0.3) is 11.0 Å². The molecular weight excluding hydrogens is 282 g/mol. The summed E-state index contributed by atoms with van der Waals surface area (Å²) >= 11 is 0. The van der Waals surface area contributed by atoms with Crippen molar-refractivity contribution in [3.63, 3.8) is 0 Å². The lowest BCUT2D eigenvalue weighted by Gasteiger charge is -2.03. The molecule has 108 valence electrons. The summed E-state index contributed by atoms with van der Waals surface area (Å²) in [5.41, 5.74) is 6.79. The average Bonchev–Trinajstić information content (AvgIpc) is 2.76. The van der Waals surface area contributed by atoms with Gasteiger partial charge in [-0.1, -0.05) is 0 Å². The van der Waals surface area contributed by atoms with E-state index in [4.69, 9.17) is 10.2 Å². The van der Waals surface area contributed by atoms with E-state index in [9.17, 15) is 13.2 Å². The van der Waals surface area contributed by atoms with Crippen LogP contribution in [0.4, 0.5) is 5.69 Å². The van der Waals surface area contributed by atoms with Gasteiger partial charge in [-0.2, -0.15) is 0 Å². The zero-order chi connectivity index (χ0) is 14.8. The van der Waals surface area contributed by atoms with Crippen LogP contribution in [0.3, 0.4) is 0 Å². The van der Waals surface area contributed by atoms with Gasteiger partial charge in [-0.15, -0.1) is 0 Å². The molecule has 0 bridgehead atoms. The third kappa shape index (κ3) is 3.72. The zero-order valence-electron chi connectivity index (χ0n) is 10.8. The van der Waals surface area contributed by atoms with Crippen LogP contribution in [0.2, 0.25) is 0 Å². The molecule has 0 saturated carbocycles. The number of nitrogens with one attached hydrogen (secondary N) is 2. The van der Waals surface area contributed by atoms with Crippen molar-refractivity contribution in [1.29, 1.82) is 0 Å². The number of anilines is 1. The lowest BCUT2D eigenvalue weighted by atomic mass is 10.2. The highest BCUT2D eigenvalue weighted by Gasteiger charge is 2.12. The Balaban J connectivity index is 1.97. The van der Waals surface area contributed by atoms with E-state index in [1.165, 1.54) is 0 Å². The molecule has 7 nitrogen and oxygen atoms in total. The quantitative estimate of drug-likeness (QED) is 0.542. The molecule has 0 aliphatic carbocycles. The molecule has 2 aromatic rings. The van der Waals surface area contributed by atoms with Gasteiger partial charge in [-0.25, -0.2) is 13.1 Å². The fourth-order valence-corrected chi connectivity index (χ4v) is 2.15. The molecule has 1 amide bonds. The molecule has 1 heterocycles. The fourth-order valence-electron chi connectivity index (χ4n) is 1.67. The van der Waals surface area contributed by atoms with Crippen molar-refractivity contribution >= 4 is 32.6 Å². The van der Waals surface area contributed by atoms with Crippen molar-refractivity contribution in [3.05, 3.63) is 30.0 Å². The Morgan fingerprint density at radius 1 is 1.30 bits per heavy atom. The molecule has 0 spiro atoms. The molecule has 0 atom stereocenters. The Morgan fingerprint density at radius 3 is 2.75 bits per heavy atom. The third-order valence-electron chi connectivity index (χ3n) is 2.54. The van der Waals surface area contributed by atoms with E-state index in [1.54, 1.807) is 24.3 Å². The summed E-state index contributed by atoms with van der Waals surface area (Å²) in [4.78, 5) is 11.8. The number of hydrogen-bond acceptors (Lipinski definition) is 5. The summed E-state index contributed by atoms with van der Waals surface area (Å²) in [7, 11) is -3.25. The predicted molar refractivity (Wildman–Crippen MR) is 75.8 cm³/mol. The Labute approximate surface area is 116 Å². The standard InChI is InChI=1S/C12H15N3O4S/c1-20(17,18)15-5-4-14-12(16)11-7-8-6-9(13)2-3-10(8)19-11/h2-3,6-7,15H,4-5,13H2,1H3,(H,14,16). The molecule has 0 aliphatic heterocycles. The maximum Gasteiger partial charge on any atom is 0.287 e. The van der Waals surface area contributed by atoms with Crippen LogP contribution in [0.1, 0.15) is 10.6 Å². The smallest absolute Gasteiger partial charge is 0.287 e. The van der Waals surface area contributed by atoms with Gasteiger partial charge in [0.15, 0.2) is 5.76 Å². The summed E-state index contributed by atoms with van der Waals surface area (Å²) in [6, 6.07) is 6.67. The van der Waals surface area contributed by atoms with E-state index >= 15 is 0 Å². The molecule has 0 aliphatic rings. The number of nitrogens with two attached hydrogens (primary N) is 1. The van der Waals surface area contributed by atoms with E-state index in [1.807, 2.05) is 0 Å². The maximum absolute atomic E-state index is 11.8. The Bertz CT molecular complexity index is 736. The molecule has 2 rings (SSSR count). The molecule has 0 saturated heterocycles. The highest BCUT2D eigenvalue weighted by Crippen LogP contribution is 2.21. The monoisotopic (exact) mass is 297 g/mol. The molecule has 0 radical (unpaired) electrons. The number of carbonyl (C=O) groups is 1. The van der Waals surface area contributed by atoms with Crippen molar-refractivity contribution in [3.8, 4) is 0 Å². The number of benzene rings is 1. The minimum absolute atomic E-state index is 0.123. The zero-order valence-corrected chi connectivity index (χ0v) is 11.7. The predicted octanol–water partition coefficient (Wildman–Crippen LogP) is 0.294. The molecule has 1 aromatic carbocycles. The van der Waals surface area contributed by atoms with Gasteiger partial charge < -0.3 is 15.5 Å². The van der Waals surface area contributed by atoms with Gasteiger partial charge in [-0.3, -0.25) is 4.79 Å². The largest absolute Gasteiger partial charge is 0.451 e. The molecule has 4 N–H and O–H groups in total. The Hall–Kier alpha value is -2.06. The summed E-state index contributed by atoms with van der Waals surface area (Å²) < 4.78 is 29.3. The number of sulfonamides is 1. The van der Waals surface area contributed by atoms with Gasteiger partial charge in [0, 0.05) is 24.2 Å². The number of carbonyl (C=O) groups excluding carboxylic acids is 1. The van der Waals surface area contributed by atoms with Crippen LogP contribution in [-0.2, 0) is 10.0 Å². The topological polar surface area (TPSA) is 114 Å². The average molecular weight is 297 g/mol. The van der Waals surface area contributed by atoms with Crippen molar-refractivity contribution < 1.29 is 17.6 Å². The normalized spacial score (nSPS) is 11.7. The van der Waals surface area contributed by atoms with Gasteiger partial charge in [0.05, 0.1) is 6.26 Å². The second-order valence-corrected chi connectivity index (χ2v) is 6.16. The van der Waals surface area contributed by atoms with Crippen molar-refractivity contribution in [2.24, 2.45) is 0 Å². The second-order valence-electron chi connectivity index (χ2n) is 4.33. The number of fused-ring (bicyclic) bond motifs is 1. The highest BCUT2D eigenvalue weighted by atomic mass is 32.2. The van der Waals surface area contributed by atoms with Crippen molar-refractivity contribution in [2.45, 2.75) is 0 Å². The van der Waals surface area contributed by atoms with Crippen LogP contribution in [-0.4, -0.2) is 33.7 Å². The number of rotatable bonds is 5. The molecule has 8 heteroatoms. The first-order chi connectivity index (χ1) is 9.35. The maximum atomic E-state index is 11.8. The molecular formula is C12H15N3O4S. The lowest BCUT2D eigenvalue weighted by Crippen LogP contribution is -2.34. The SMILES string of the molecule is CS(=O)(=O)NCCNC(=O)c1cc2cc(N)ccc2o1. The van der Waals surface area contributed by atoms with Crippen LogP contribution in [0.5, 0.6) is 0 Å². The summed E-state index contributed by atoms with van der Waals surface area (Å²) in [6.45, 7) is 0.294. The number of furan rings is 1. The molecule has 0 fully saturated rings. The van der Waals surface area contributed by atoms with E-state index in [-0.39, 0.29) is 18.8 Å². The van der Waals surface area contributed by atoms with Crippen molar-refractivity contribution in [1.82, 2.24) is 10.0 Å². The minimum atomic E-state index is -3.25. The second kappa shape index (κ2) is 5.51. The van der Waals surface area contributed by atoms with E-state index in [0.717, 1.165) is 11.6 Å². The summed E-state index contributed by atoms with van der Waals surface area (Å²) in [5, 5.41) is 3.30. The number of hydrogen-bond donors (Lipinski definition) is 3. The van der Waals surface area contributed by atoms with Gasteiger partial charge >= 0.3 is 0 Å². The Morgan fingerprint density at radius 2 is 2.05 bits per heavy atom. The first-order valence-corrected chi connectivity index (χ1v) is 7.76. The Kier molecular flexibility index (Phi) is 3.96. The summed E-state index contributed by atoms with van der Waals surface area (Å²) in [6.07, 6.45) is 1.05. The molecule has 1 aromatic heterocycles. The number of nitrogen functional groups attached to an aromatic ring is 1. The van der Waals surface area contributed by atoms with Gasteiger partial charge in [-0.05, 0) is 24.3 Å². The number of amides is 1. The van der Waals surface area contributed by atoms with Crippen LogP contribution < -0.4 is 15.8 Å². The van der Waals surface area contributed by atoms with Gasteiger partial charge in [0.25, 0.3) is 5.91 Å². The fraction of sp³-hybridized carbons (Fsp3) is 0.250. The third-order valence-corrected chi connectivity index (χ3v) is 3.27. The first kappa shape index (κ1) is 14.4. The molecule has 0 unspecified atom stereocenters. The van der Waals surface area contributed by atoms with E-state index in [0.29, 0.717) is 11.3 Å². The highest BCUT2D eigenvalue weighted by molar-refractivity contribution is 7.88. The van der Waals surface area contributed by atoms with E-state index in [2.05, 4.69) is 10.0 Å². The van der Waals surface area contributed by atoms with Crippen LogP contribution in [0.15, 0.2) is 28.7 Å². The van der Waals surface area contributed by atoms with Crippen molar-refractivity contribution in [2.75, 3.05) is 25.1 Å². The van der Waals surface area contributed by atoms with Gasteiger partial charge in [0.1, 0.15) is 5.58 Å². The van der Waals surface area contributed by atoms with Crippen LogP contribution in [0, 0.1) is 0 Å².